The lowest BCUT2D eigenvalue weighted by Gasteiger charge is -2.22. The fourth-order valence-corrected chi connectivity index (χ4v) is 3.56. The molecular formula is C26H23N3O3. The number of rotatable bonds is 5. The van der Waals surface area contributed by atoms with E-state index in [1.165, 1.54) is 11.8 Å². The zero-order valence-corrected chi connectivity index (χ0v) is 18.0. The molecule has 1 aliphatic heterocycles. The van der Waals surface area contributed by atoms with Gasteiger partial charge in [0.2, 0.25) is 11.8 Å². The van der Waals surface area contributed by atoms with Crippen molar-refractivity contribution in [3.05, 3.63) is 89.5 Å². The number of carbonyl (C=O) groups excluding carboxylic acids is 3. The third kappa shape index (κ3) is 4.64. The van der Waals surface area contributed by atoms with Gasteiger partial charge in [0, 0.05) is 11.3 Å². The van der Waals surface area contributed by atoms with Crippen molar-refractivity contribution < 1.29 is 14.4 Å². The van der Waals surface area contributed by atoms with Gasteiger partial charge in [-0.2, -0.15) is 0 Å². The molecule has 0 aromatic heterocycles. The number of amides is 2. The first-order valence-electron chi connectivity index (χ1n) is 10.4. The molecule has 0 saturated carbocycles. The molecule has 2 amide bonds. The van der Waals surface area contributed by atoms with Crippen LogP contribution in [0.1, 0.15) is 34.8 Å². The molecule has 0 aliphatic carbocycles. The molecule has 32 heavy (non-hydrogen) atoms. The predicted octanol–water partition coefficient (Wildman–Crippen LogP) is 4.69. The van der Waals surface area contributed by atoms with Gasteiger partial charge in [-0.15, -0.1) is 0 Å². The SMILES string of the molecule is CC(=O)c1ccc(NC(=O)CN2C(=O)CC(c3ccc(C)cc3)=Nc3ccccc32)cc1. The quantitative estimate of drug-likeness (QED) is 0.602. The fraction of sp³-hybridized carbons (Fsp3) is 0.154. The Hall–Kier alpha value is -4.06. The molecule has 6 heteroatoms. The number of Topliss-reactive ketones (excluding diaryl/α,β-unsaturated/α-hetero) is 1. The number of aryl methyl sites for hydroxylation is 1. The second-order valence-electron chi connectivity index (χ2n) is 7.75. The van der Waals surface area contributed by atoms with Crippen molar-refractivity contribution in [1.29, 1.82) is 0 Å². The normalized spacial score (nSPS) is 13.1. The number of hydrogen-bond donors (Lipinski definition) is 1. The molecule has 0 saturated heterocycles. The first-order valence-corrected chi connectivity index (χ1v) is 10.4. The lowest BCUT2D eigenvalue weighted by molar-refractivity contribution is -0.120. The number of hydrogen-bond acceptors (Lipinski definition) is 4. The van der Waals surface area contributed by atoms with Crippen LogP contribution in [0.25, 0.3) is 0 Å². The van der Waals surface area contributed by atoms with Gasteiger partial charge in [-0.3, -0.25) is 19.4 Å². The van der Waals surface area contributed by atoms with Gasteiger partial charge >= 0.3 is 0 Å². The molecule has 0 atom stereocenters. The summed E-state index contributed by atoms with van der Waals surface area (Å²) in [7, 11) is 0. The zero-order valence-electron chi connectivity index (χ0n) is 18.0. The number of ketones is 1. The molecule has 0 radical (unpaired) electrons. The number of aliphatic imine (C=N–C) groups is 1. The summed E-state index contributed by atoms with van der Waals surface area (Å²) in [6.07, 6.45) is 0.0956. The minimum atomic E-state index is -0.331. The van der Waals surface area contributed by atoms with Crippen LogP contribution in [0.4, 0.5) is 17.1 Å². The summed E-state index contributed by atoms with van der Waals surface area (Å²) in [6.45, 7) is 3.36. The Kier molecular flexibility index (Phi) is 5.94. The summed E-state index contributed by atoms with van der Waals surface area (Å²) >= 11 is 0. The van der Waals surface area contributed by atoms with E-state index in [2.05, 4.69) is 5.32 Å². The van der Waals surface area contributed by atoms with Crippen LogP contribution in [-0.2, 0) is 9.59 Å². The fourth-order valence-electron chi connectivity index (χ4n) is 3.56. The van der Waals surface area contributed by atoms with Gasteiger partial charge in [0.05, 0.1) is 23.5 Å². The monoisotopic (exact) mass is 425 g/mol. The lowest BCUT2D eigenvalue weighted by atomic mass is 10.1. The van der Waals surface area contributed by atoms with Crippen molar-refractivity contribution in [2.24, 2.45) is 4.99 Å². The molecule has 0 bridgehead atoms. The summed E-state index contributed by atoms with van der Waals surface area (Å²) in [5.41, 5.74) is 5.06. The van der Waals surface area contributed by atoms with Crippen molar-refractivity contribution in [3.63, 3.8) is 0 Å². The highest BCUT2D eigenvalue weighted by Crippen LogP contribution is 2.32. The van der Waals surface area contributed by atoms with E-state index in [9.17, 15) is 14.4 Å². The minimum absolute atomic E-state index is 0.0426. The zero-order chi connectivity index (χ0) is 22.7. The average molecular weight is 425 g/mol. The van der Waals surface area contributed by atoms with Crippen LogP contribution in [0.5, 0.6) is 0 Å². The van der Waals surface area contributed by atoms with Crippen LogP contribution in [0.3, 0.4) is 0 Å². The number of nitrogens with zero attached hydrogens (tertiary/aromatic N) is 2. The Morgan fingerprint density at radius 2 is 1.66 bits per heavy atom. The van der Waals surface area contributed by atoms with Crippen molar-refractivity contribution in [2.45, 2.75) is 20.3 Å². The Labute approximate surface area is 186 Å². The van der Waals surface area contributed by atoms with Gasteiger partial charge in [-0.05, 0) is 55.8 Å². The van der Waals surface area contributed by atoms with Crippen LogP contribution in [0, 0.1) is 6.92 Å². The molecule has 3 aromatic carbocycles. The third-order valence-corrected chi connectivity index (χ3v) is 5.31. The number of fused-ring (bicyclic) bond motifs is 1. The van der Waals surface area contributed by atoms with E-state index in [1.54, 1.807) is 30.3 Å². The molecule has 0 fully saturated rings. The maximum absolute atomic E-state index is 13.2. The number of nitrogens with one attached hydrogen (secondary N) is 1. The molecule has 160 valence electrons. The van der Waals surface area contributed by atoms with Gasteiger partial charge in [0.15, 0.2) is 5.78 Å². The van der Waals surface area contributed by atoms with Gasteiger partial charge in [-0.1, -0.05) is 42.0 Å². The molecule has 1 N–H and O–H groups in total. The second kappa shape index (κ2) is 8.98. The molecule has 0 spiro atoms. The number of benzene rings is 3. The predicted molar refractivity (Wildman–Crippen MR) is 126 cm³/mol. The van der Waals surface area contributed by atoms with E-state index in [0.717, 1.165) is 11.1 Å². The maximum Gasteiger partial charge on any atom is 0.244 e. The Morgan fingerprint density at radius 1 is 0.969 bits per heavy atom. The Bertz CT molecular complexity index is 1210. The Morgan fingerprint density at radius 3 is 2.34 bits per heavy atom. The highest BCUT2D eigenvalue weighted by atomic mass is 16.2. The maximum atomic E-state index is 13.2. The van der Waals surface area contributed by atoms with Crippen LogP contribution in [0.2, 0.25) is 0 Å². The summed E-state index contributed by atoms with van der Waals surface area (Å²) in [5.74, 6) is -0.571. The standard InChI is InChI=1S/C26H23N3O3/c1-17-7-9-20(10-8-17)23-15-26(32)29(24-6-4-3-5-22(24)28-23)16-25(31)27-21-13-11-19(12-14-21)18(2)30/h3-14H,15-16H2,1-2H3,(H,27,31). The van der Waals surface area contributed by atoms with E-state index >= 15 is 0 Å². The Balaban J connectivity index is 1.56. The first-order chi connectivity index (χ1) is 15.4. The van der Waals surface area contributed by atoms with E-state index in [-0.39, 0.29) is 30.6 Å². The molecule has 4 rings (SSSR count). The van der Waals surface area contributed by atoms with Crippen LogP contribution < -0.4 is 10.2 Å². The second-order valence-corrected chi connectivity index (χ2v) is 7.75. The highest BCUT2D eigenvalue weighted by molar-refractivity contribution is 6.19. The van der Waals surface area contributed by atoms with Gasteiger partial charge < -0.3 is 10.2 Å². The average Bonchev–Trinajstić information content (AvgIpc) is 2.91. The van der Waals surface area contributed by atoms with E-state index in [4.69, 9.17) is 4.99 Å². The van der Waals surface area contributed by atoms with Crippen molar-refractivity contribution in [3.8, 4) is 0 Å². The molecule has 6 nitrogen and oxygen atoms in total. The molecule has 3 aromatic rings. The van der Waals surface area contributed by atoms with E-state index in [0.29, 0.717) is 28.3 Å². The van der Waals surface area contributed by atoms with E-state index in [1.807, 2.05) is 49.4 Å². The smallest absolute Gasteiger partial charge is 0.244 e. The summed E-state index contributed by atoms with van der Waals surface area (Å²) in [5, 5.41) is 2.79. The third-order valence-electron chi connectivity index (χ3n) is 5.31. The summed E-state index contributed by atoms with van der Waals surface area (Å²) in [6, 6.07) is 21.9. The van der Waals surface area contributed by atoms with Gasteiger partial charge in [0.1, 0.15) is 6.54 Å². The molecule has 1 heterocycles. The van der Waals surface area contributed by atoms with Crippen LogP contribution in [0.15, 0.2) is 77.8 Å². The molecular weight excluding hydrogens is 402 g/mol. The van der Waals surface area contributed by atoms with E-state index < -0.39 is 0 Å². The topological polar surface area (TPSA) is 78.8 Å². The van der Waals surface area contributed by atoms with Crippen molar-refractivity contribution >= 4 is 40.4 Å². The number of anilines is 2. The highest BCUT2D eigenvalue weighted by Gasteiger charge is 2.26. The summed E-state index contributed by atoms with van der Waals surface area (Å²) < 4.78 is 0. The van der Waals surface area contributed by atoms with Crippen molar-refractivity contribution in [2.75, 3.05) is 16.8 Å². The number of para-hydroxylation sites is 2. The molecule has 0 unspecified atom stereocenters. The van der Waals surface area contributed by atoms with Crippen molar-refractivity contribution in [1.82, 2.24) is 0 Å². The van der Waals surface area contributed by atoms with Crippen LogP contribution >= 0.6 is 0 Å². The number of carbonyl (C=O) groups is 3. The lowest BCUT2D eigenvalue weighted by Crippen LogP contribution is -2.38. The largest absolute Gasteiger partial charge is 0.325 e. The van der Waals surface area contributed by atoms with Gasteiger partial charge in [-0.25, -0.2) is 0 Å². The summed E-state index contributed by atoms with van der Waals surface area (Å²) in [4.78, 5) is 43.6. The van der Waals surface area contributed by atoms with Gasteiger partial charge in [0.25, 0.3) is 0 Å². The van der Waals surface area contributed by atoms with Crippen LogP contribution in [-0.4, -0.2) is 29.9 Å². The first kappa shape index (κ1) is 21.2. The molecule has 1 aliphatic rings. The minimum Gasteiger partial charge on any atom is -0.325 e.